The van der Waals surface area contributed by atoms with E-state index in [9.17, 15) is 18.7 Å². The van der Waals surface area contributed by atoms with E-state index in [2.05, 4.69) is 23.7 Å². The Kier molecular flexibility index (Phi) is 7.68. The summed E-state index contributed by atoms with van der Waals surface area (Å²) in [6.07, 6.45) is 1.42. The van der Waals surface area contributed by atoms with Gasteiger partial charge in [-0.1, -0.05) is 48.1 Å². The van der Waals surface area contributed by atoms with Gasteiger partial charge < -0.3 is 14.6 Å². The second-order valence-electron chi connectivity index (χ2n) is 5.78. The second-order valence-corrected chi connectivity index (χ2v) is 5.78. The monoisotopic (exact) mass is 396 g/mol. The molecule has 0 heterocycles. The van der Waals surface area contributed by atoms with Gasteiger partial charge in [0.15, 0.2) is 0 Å². The average Bonchev–Trinajstić information content (AvgIpc) is 2.70. The molecule has 0 aromatic heterocycles. The third kappa shape index (κ3) is 5.52. The molecule has 0 bridgehead atoms. The Balaban J connectivity index is 2.56. The number of methoxy groups -OCH3 is 2. The number of allylic oxidation sites excluding steroid dienone is 2. The number of carboxylic acids is 1. The highest BCUT2D eigenvalue weighted by molar-refractivity contribution is 5.85. The molecule has 2 aromatic carbocycles. The van der Waals surface area contributed by atoms with Crippen molar-refractivity contribution in [2.24, 2.45) is 0 Å². The van der Waals surface area contributed by atoms with E-state index in [1.807, 2.05) is 30.3 Å². The zero-order valence-corrected chi connectivity index (χ0v) is 15.8. The van der Waals surface area contributed by atoms with Crippen LogP contribution >= 0.6 is 0 Å². The van der Waals surface area contributed by atoms with Gasteiger partial charge >= 0.3 is 5.97 Å². The van der Waals surface area contributed by atoms with Crippen molar-refractivity contribution in [3.05, 3.63) is 77.4 Å². The summed E-state index contributed by atoms with van der Waals surface area (Å²) in [5.74, 6) is 7.42. The molecule has 0 spiro atoms. The van der Waals surface area contributed by atoms with E-state index in [0.717, 1.165) is 24.8 Å². The van der Waals surface area contributed by atoms with Crippen molar-refractivity contribution in [1.82, 2.24) is 0 Å². The summed E-state index contributed by atoms with van der Waals surface area (Å²) in [4.78, 5) is 11.9. The van der Waals surface area contributed by atoms with E-state index < -0.39 is 23.2 Å². The normalized spacial score (nSPS) is 12.8. The summed E-state index contributed by atoms with van der Waals surface area (Å²) in [5.41, 5.74) is -1.23. The summed E-state index contributed by atoms with van der Waals surface area (Å²) in [5, 5.41) is 9.68. The molecular weight excluding hydrogens is 378 g/mol. The lowest BCUT2D eigenvalue weighted by molar-refractivity contribution is -0.156. The molecule has 0 aliphatic carbocycles. The standard InChI is InChI=1S/C23H18F2O4/c1-28-13-7-11-18(17-8-4-3-5-9-17)10-6-12-23(29-2,22(26)27)19-14-20(24)16-21(25)15-19/h3-5,8-10,14-16H,13H2,1-2H3,(H,26,27)/b18-10-. The van der Waals surface area contributed by atoms with Gasteiger partial charge in [-0.05, 0) is 23.6 Å². The van der Waals surface area contributed by atoms with E-state index in [0.29, 0.717) is 11.6 Å². The molecule has 0 aliphatic heterocycles. The molecule has 1 N–H and O–H groups in total. The third-order valence-corrected chi connectivity index (χ3v) is 3.87. The maximum Gasteiger partial charge on any atom is 0.353 e. The lowest BCUT2D eigenvalue weighted by Gasteiger charge is -2.22. The van der Waals surface area contributed by atoms with Crippen LogP contribution in [-0.2, 0) is 19.9 Å². The number of carboxylic acid groups (broad SMARTS) is 1. The smallest absolute Gasteiger partial charge is 0.353 e. The van der Waals surface area contributed by atoms with E-state index in [4.69, 9.17) is 9.47 Å². The summed E-state index contributed by atoms with van der Waals surface area (Å²) >= 11 is 0. The van der Waals surface area contributed by atoms with Crippen molar-refractivity contribution in [3.63, 3.8) is 0 Å². The summed E-state index contributed by atoms with van der Waals surface area (Å²) in [6, 6.07) is 11.5. The number of hydrogen-bond donors (Lipinski definition) is 1. The van der Waals surface area contributed by atoms with E-state index in [1.54, 1.807) is 0 Å². The predicted octanol–water partition coefficient (Wildman–Crippen LogP) is 3.63. The minimum absolute atomic E-state index is 0.206. The molecule has 0 radical (unpaired) electrons. The SMILES string of the molecule is COCC#C/C(=C/C#CC(OC)(C(=O)O)c1cc(F)cc(F)c1)c1ccccc1. The lowest BCUT2D eigenvalue weighted by Crippen LogP contribution is -2.36. The van der Waals surface area contributed by atoms with Crippen molar-refractivity contribution in [1.29, 1.82) is 0 Å². The van der Waals surface area contributed by atoms with Gasteiger partial charge in [0.05, 0.1) is 0 Å². The van der Waals surface area contributed by atoms with Crippen molar-refractivity contribution in [2.75, 3.05) is 20.8 Å². The Morgan fingerprint density at radius 2 is 1.79 bits per heavy atom. The summed E-state index contributed by atoms with van der Waals surface area (Å²) < 4.78 is 37.2. The van der Waals surface area contributed by atoms with Crippen LogP contribution in [0.4, 0.5) is 8.78 Å². The van der Waals surface area contributed by atoms with Crippen LogP contribution in [0.5, 0.6) is 0 Å². The van der Waals surface area contributed by atoms with Crippen LogP contribution in [0.3, 0.4) is 0 Å². The molecule has 0 saturated heterocycles. The number of halogens is 2. The van der Waals surface area contributed by atoms with Gasteiger partial charge in [-0.25, -0.2) is 13.6 Å². The Bertz CT molecular complexity index is 1000. The highest BCUT2D eigenvalue weighted by Crippen LogP contribution is 2.27. The topological polar surface area (TPSA) is 55.8 Å². The van der Waals surface area contributed by atoms with Crippen molar-refractivity contribution in [3.8, 4) is 23.7 Å². The fourth-order valence-electron chi connectivity index (χ4n) is 2.49. The fraction of sp³-hybridized carbons (Fsp3) is 0.174. The Morgan fingerprint density at radius 1 is 1.14 bits per heavy atom. The summed E-state index contributed by atoms with van der Waals surface area (Å²) in [7, 11) is 2.62. The van der Waals surface area contributed by atoms with Gasteiger partial charge in [0, 0.05) is 37.5 Å². The van der Waals surface area contributed by atoms with Crippen LogP contribution in [-0.4, -0.2) is 31.9 Å². The Morgan fingerprint density at radius 3 is 2.34 bits per heavy atom. The van der Waals surface area contributed by atoms with Crippen LogP contribution < -0.4 is 0 Å². The van der Waals surface area contributed by atoms with Gasteiger partial charge in [0.25, 0.3) is 5.60 Å². The van der Waals surface area contributed by atoms with Gasteiger partial charge in [-0.2, -0.15) is 0 Å². The number of benzene rings is 2. The first kappa shape index (κ1) is 21.8. The quantitative estimate of drug-likeness (QED) is 0.785. The van der Waals surface area contributed by atoms with Gasteiger partial charge in [-0.3, -0.25) is 0 Å². The first-order valence-corrected chi connectivity index (χ1v) is 8.44. The molecule has 4 nitrogen and oxygen atoms in total. The van der Waals surface area contributed by atoms with Gasteiger partial charge in [0.2, 0.25) is 0 Å². The van der Waals surface area contributed by atoms with Gasteiger partial charge in [0.1, 0.15) is 18.2 Å². The molecule has 0 aliphatic rings. The largest absolute Gasteiger partial charge is 0.478 e. The maximum atomic E-state index is 13.6. The van der Waals surface area contributed by atoms with Crippen LogP contribution in [0.1, 0.15) is 11.1 Å². The highest BCUT2D eigenvalue weighted by Gasteiger charge is 2.40. The molecular formula is C23H18F2O4. The molecule has 0 fully saturated rings. The number of ether oxygens (including phenoxy) is 2. The zero-order valence-electron chi connectivity index (χ0n) is 15.8. The molecule has 2 rings (SSSR count). The molecule has 29 heavy (non-hydrogen) atoms. The predicted molar refractivity (Wildman–Crippen MR) is 105 cm³/mol. The molecule has 0 amide bonds. The molecule has 148 valence electrons. The van der Waals surface area contributed by atoms with Crippen LogP contribution in [0, 0.1) is 35.3 Å². The van der Waals surface area contributed by atoms with Crippen molar-refractivity contribution < 1.29 is 28.2 Å². The molecule has 2 aromatic rings. The zero-order chi connectivity index (χ0) is 21.3. The third-order valence-electron chi connectivity index (χ3n) is 3.87. The minimum Gasteiger partial charge on any atom is -0.478 e. The van der Waals surface area contributed by atoms with Crippen LogP contribution in [0.2, 0.25) is 0 Å². The van der Waals surface area contributed by atoms with E-state index in [-0.39, 0.29) is 12.2 Å². The molecule has 1 atom stereocenters. The maximum absolute atomic E-state index is 13.6. The number of rotatable bonds is 5. The second kappa shape index (κ2) is 10.2. The minimum atomic E-state index is -2.25. The molecule has 1 unspecified atom stereocenters. The fourth-order valence-corrected chi connectivity index (χ4v) is 2.49. The number of carbonyl (C=O) groups is 1. The first-order chi connectivity index (χ1) is 13.9. The molecule has 6 heteroatoms. The van der Waals surface area contributed by atoms with Crippen molar-refractivity contribution >= 4 is 11.5 Å². The number of aliphatic carboxylic acids is 1. The van der Waals surface area contributed by atoms with E-state index in [1.165, 1.54) is 13.2 Å². The van der Waals surface area contributed by atoms with Crippen LogP contribution in [0.25, 0.3) is 5.57 Å². The number of hydrogen-bond acceptors (Lipinski definition) is 3. The average molecular weight is 396 g/mol. The Hall–Kier alpha value is -3.45. The van der Waals surface area contributed by atoms with E-state index >= 15 is 0 Å². The first-order valence-electron chi connectivity index (χ1n) is 8.44. The van der Waals surface area contributed by atoms with Crippen LogP contribution in [0.15, 0.2) is 54.6 Å². The lowest BCUT2D eigenvalue weighted by atomic mass is 9.93. The highest BCUT2D eigenvalue weighted by atomic mass is 19.1. The van der Waals surface area contributed by atoms with Crippen molar-refractivity contribution in [2.45, 2.75) is 5.60 Å². The van der Waals surface area contributed by atoms with Gasteiger partial charge in [-0.15, -0.1) is 0 Å². The summed E-state index contributed by atoms with van der Waals surface area (Å²) in [6.45, 7) is 0.206. The Labute approximate surface area is 167 Å². The molecule has 0 saturated carbocycles.